The number of benzene rings is 4. The molecule has 0 heterocycles. The number of ether oxygens (including phenoxy) is 4. The first kappa shape index (κ1) is 67.3. The Labute approximate surface area is 461 Å². The second-order valence-corrected chi connectivity index (χ2v) is 21.9. The zero-order chi connectivity index (χ0) is 57.9. The molecule has 2 amide bonds. The van der Waals surface area contributed by atoms with Gasteiger partial charge in [-0.05, 0) is 137 Å². The van der Waals surface area contributed by atoms with E-state index in [0.717, 1.165) is 47.9 Å². The van der Waals surface area contributed by atoms with Crippen molar-refractivity contribution in [3.63, 3.8) is 0 Å². The fourth-order valence-corrected chi connectivity index (χ4v) is 11.0. The molecule has 0 spiro atoms. The lowest BCUT2D eigenvalue weighted by Gasteiger charge is -2.20. The van der Waals surface area contributed by atoms with Crippen LogP contribution in [0.5, 0.6) is 23.0 Å². The Bertz CT molecular complexity index is 2680. The Morgan fingerprint density at radius 1 is 0.597 bits per heavy atom. The lowest BCUT2D eigenvalue weighted by Crippen LogP contribution is -2.40. The largest absolute Gasteiger partial charge is 0.497 e. The van der Waals surface area contributed by atoms with E-state index in [-0.39, 0.29) is 58.1 Å². The highest BCUT2D eigenvalue weighted by atomic mass is 35.5. The number of carboxylic acid groups (broad SMARTS) is 1. The van der Waals surface area contributed by atoms with Crippen LogP contribution in [-0.2, 0) is 29.6 Å². The first-order chi connectivity index (χ1) is 36.4. The number of sulfonamides is 2. The Balaban J connectivity index is 0.000000438. The molecule has 77 heavy (non-hydrogen) atoms. The molecule has 20 nitrogen and oxygen atoms in total. The van der Waals surface area contributed by atoms with Crippen LogP contribution in [0.3, 0.4) is 0 Å². The molecule has 4 rings (SSSR count). The number of hydrogen-bond donors (Lipinski definition) is 4. The van der Waals surface area contributed by atoms with Crippen molar-refractivity contribution in [1.82, 2.24) is 29.0 Å². The molecule has 4 aromatic rings. The summed E-state index contributed by atoms with van der Waals surface area (Å²) in [5.74, 6) is 0.637. The Hall–Kier alpha value is -5.85. The molecule has 0 aromatic heterocycles. The zero-order valence-electron chi connectivity index (χ0n) is 46.4. The van der Waals surface area contributed by atoms with Gasteiger partial charge in [-0.25, -0.2) is 21.6 Å². The second kappa shape index (κ2) is 34.1. The van der Waals surface area contributed by atoms with Crippen molar-refractivity contribution in [2.75, 3.05) is 114 Å². The number of carbonyl (C=O) groups excluding carboxylic acids is 3. The van der Waals surface area contributed by atoms with Gasteiger partial charge >= 0.3 is 5.97 Å². The molecule has 5 N–H and O–H groups in total. The molecule has 23 heteroatoms. The minimum absolute atomic E-state index is 0.0202. The maximum absolute atomic E-state index is 13.0. The van der Waals surface area contributed by atoms with Crippen LogP contribution in [0.4, 0.5) is 0 Å². The minimum atomic E-state index is -4.00. The summed E-state index contributed by atoms with van der Waals surface area (Å²) in [6, 6.07) is 19.8. The predicted octanol–water partition coefficient (Wildman–Crippen LogP) is 5.89. The van der Waals surface area contributed by atoms with Crippen molar-refractivity contribution in [3.05, 3.63) is 106 Å². The summed E-state index contributed by atoms with van der Waals surface area (Å²) in [5.41, 5.74) is 7.71. The van der Waals surface area contributed by atoms with Gasteiger partial charge in [0.15, 0.2) is 5.78 Å². The van der Waals surface area contributed by atoms with Gasteiger partial charge in [-0.2, -0.15) is 8.61 Å². The molecule has 0 saturated heterocycles. The molecule has 0 saturated carbocycles. The number of hydrogen-bond acceptors (Lipinski definition) is 15. The molecule has 4 aromatic carbocycles. The minimum Gasteiger partial charge on any atom is -0.497 e. The number of aryl methyl sites for hydroxylation is 3. The van der Waals surface area contributed by atoms with E-state index < -0.39 is 31.9 Å². The van der Waals surface area contributed by atoms with Crippen molar-refractivity contribution >= 4 is 55.2 Å². The Morgan fingerprint density at radius 2 is 0.987 bits per heavy atom. The number of aromatic carboxylic acids is 1. The highest BCUT2D eigenvalue weighted by Gasteiger charge is 2.29. The lowest BCUT2D eigenvalue weighted by atomic mass is 10.1. The molecule has 0 unspecified atom stereocenters. The predicted molar refractivity (Wildman–Crippen MR) is 300 cm³/mol. The number of nitrogens with two attached hydrogens (primary N) is 1. The van der Waals surface area contributed by atoms with E-state index in [0.29, 0.717) is 78.0 Å². The SMILES string of the molecule is CCN(CC)CCOc1ccc(C(=O)CCCNC(=O)CN(C)S(=O)(=O)c2c(C)cc(OC)cc2Cl)cc1.CCN(CC)CCOc1ccc(C(=O)O)cc1.COc1cc(C)c(S(=O)(=O)N(C)CC(=O)NCCN)c(C)c1. The van der Waals surface area contributed by atoms with E-state index in [4.69, 9.17) is 41.4 Å². The molecule has 0 atom stereocenters. The summed E-state index contributed by atoms with van der Waals surface area (Å²) in [6.07, 6.45) is 0.670. The number of amides is 2. The van der Waals surface area contributed by atoms with Gasteiger partial charge in [-0.15, -0.1) is 0 Å². The number of Topliss-reactive ketones (excluding diaryl/α,β-unsaturated/α-hetero) is 1. The van der Waals surface area contributed by atoms with Gasteiger partial charge in [0, 0.05) is 64.9 Å². The molecular formula is C54H80ClN7O13S2. The first-order valence-corrected chi connectivity index (χ1v) is 28.5. The first-order valence-electron chi connectivity index (χ1n) is 25.3. The topological polar surface area (TPSA) is 257 Å². The van der Waals surface area contributed by atoms with Gasteiger partial charge in [-0.1, -0.05) is 39.3 Å². The van der Waals surface area contributed by atoms with Gasteiger partial charge in [0.2, 0.25) is 31.9 Å². The Kier molecular flexibility index (Phi) is 29.8. The molecule has 0 radical (unpaired) electrons. The van der Waals surface area contributed by atoms with Crippen molar-refractivity contribution in [1.29, 1.82) is 0 Å². The fraction of sp³-hybridized carbons (Fsp3) is 0.481. The third-order valence-electron chi connectivity index (χ3n) is 12.0. The maximum atomic E-state index is 13.0. The lowest BCUT2D eigenvalue weighted by molar-refractivity contribution is -0.121. The third-order valence-corrected chi connectivity index (χ3v) is 16.5. The maximum Gasteiger partial charge on any atom is 0.335 e. The summed E-state index contributed by atoms with van der Waals surface area (Å²) in [4.78, 5) is 51.8. The normalized spacial score (nSPS) is 11.3. The number of ketones is 1. The standard InChI is InChI=1S/C27H38ClN3O6S.C14H23N3O4S.C13H19NO3/c1-6-31(7-2)15-16-37-22-12-10-21(11-13-22)25(32)9-8-14-29-26(33)19-30(4)38(34,35)27-20(3)17-23(36-5)18-24(27)28;1-10-7-12(21-4)8-11(2)14(10)22(19,20)17(3)9-13(18)16-6-5-15;1-3-14(4-2)9-10-17-12-7-5-11(6-8-12)13(15)16/h10-13,17-18H,6-9,14-16,19H2,1-5H3,(H,29,33);7-8H,5-6,9,15H2,1-4H3,(H,16,18);5-8H,3-4,9-10H2,1-2H3,(H,15,16). The number of likely N-dealkylation sites (N-methyl/N-ethyl adjacent to an activating group) is 4. The number of carbonyl (C=O) groups is 4. The highest BCUT2D eigenvalue weighted by molar-refractivity contribution is 7.89. The number of carboxylic acids is 1. The smallest absolute Gasteiger partial charge is 0.335 e. The van der Waals surface area contributed by atoms with Gasteiger partial charge < -0.3 is 50.2 Å². The molecule has 0 fully saturated rings. The molecule has 0 aliphatic heterocycles. The Morgan fingerprint density at radius 3 is 1.38 bits per heavy atom. The van der Waals surface area contributed by atoms with E-state index in [2.05, 4.69) is 48.1 Å². The molecule has 0 aliphatic rings. The fourth-order valence-electron chi connectivity index (χ4n) is 7.51. The summed E-state index contributed by atoms with van der Waals surface area (Å²) >= 11 is 6.19. The number of nitrogens with one attached hydrogen (secondary N) is 2. The summed E-state index contributed by atoms with van der Waals surface area (Å²) in [5, 5.41) is 14.0. The number of rotatable bonds is 30. The van der Waals surface area contributed by atoms with Gasteiger partial charge in [0.1, 0.15) is 41.1 Å². The molecule has 428 valence electrons. The van der Waals surface area contributed by atoms with Crippen LogP contribution < -0.4 is 35.3 Å². The van der Waals surface area contributed by atoms with E-state index >= 15 is 0 Å². The van der Waals surface area contributed by atoms with Gasteiger partial charge in [-0.3, -0.25) is 14.4 Å². The van der Waals surface area contributed by atoms with Crippen molar-refractivity contribution in [2.45, 2.75) is 71.1 Å². The van der Waals surface area contributed by atoms with Crippen LogP contribution in [0.25, 0.3) is 0 Å². The van der Waals surface area contributed by atoms with Crippen LogP contribution >= 0.6 is 11.6 Å². The summed E-state index contributed by atoms with van der Waals surface area (Å²) in [6.45, 7) is 20.6. The van der Waals surface area contributed by atoms with E-state index in [9.17, 15) is 36.0 Å². The van der Waals surface area contributed by atoms with Crippen molar-refractivity contribution < 1.29 is 60.1 Å². The monoisotopic (exact) mass is 1130 g/mol. The van der Waals surface area contributed by atoms with Crippen LogP contribution in [0.2, 0.25) is 5.02 Å². The third kappa shape index (κ3) is 22.2. The van der Waals surface area contributed by atoms with E-state index in [1.807, 2.05) is 0 Å². The number of methoxy groups -OCH3 is 2. The van der Waals surface area contributed by atoms with Crippen LogP contribution in [0.1, 0.15) is 77.9 Å². The van der Waals surface area contributed by atoms with Crippen LogP contribution in [0.15, 0.2) is 82.6 Å². The average Bonchev–Trinajstić information content (AvgIpc) is 3.39. The number of halogens is 1. The van der Waals surface area contributed by atoms with E-state index in [1.54, 1.807) is 87.5 Å². The summed E-state index contributed by atoms with van der Waals surface area (Å²) < 4.78 is 74.8. The van der Waals surface area contributed by atoms with Crippen molar-refractivity contribution in [2.24, 2.45) is 5.73 Å². The zero-order valence-corrected chi connectivity index (χ0v) is 48.8. The van der Waals surface area contributed by atoms with E-state index in [1.165, 1.54) is 34.4 Å². The highest BCUT2D eigenvalue weighted by Crippen LogP contribution is 2.32. The molecule has 0 aliphatic carbocycles. The molecule has 0 bridgehead atoms. The van der Waals surface area contributed by atoms with Crippen LogP contribution in [-0.4, -0.2) is 177 Å². The van der Waals surface area contributed by atoms with Gasteiger partial charge in [0.25, 0.3) is 0 Å². The summed E-state index contributed by atoms with van der Waals surface area (Å²) in [7, 11) is -2.08. The number of nitrogens with zero attached hydrogens (tertiary/aromatic N) is 4. The van der Waals surface area contributed by atoms with Crippen LogP contribution in [0, 0.1) is 20.8 Å². The average molecular weight is 1130 g/mol. The second-order valence-electron chi connectivity index (χ2n) is 17.5. The van der Waals surface area contributed by atoms with Crippen molar-refractivity contribution in [3.8, 4) is 23.0 Å². The quantitative estimate of drug-likeness (QED) is 0.0351. The molecular weight excluding hydrogens is 1050 g/mol. The van der Waals surface area contributed by atoms with Gasteiger partial charge in [0.05, 0.1) is 42.8 Å².